The van der Waals surface area contributed by atoms with Crippen molar-refractivity contribution in [2.24, 2.45) is 0 Å². The Labute approximate surface area is 138 Å². The summed E-state index contributed by atoms with van der Waals surface area (Å²) in [6.07, 6.45) is 0.341. The van der Waals surface area contributed by atoms with Crippen molar-refractivity contribution in [1.29, 1.82) is 0 Å². The molecule has 0 aliphatic carbocycles. The summed E-state index contributed by atoms with van der Waals surface area (Å²) in [4.78, 5) is 14.8. The highest BCUT2D eigenvalue weighted by Gasteiger charge is 2.27. The van der Waals surface area contributed by atoms with Crippen LogP contribution in [0.2, 0.25) is 0 Å². The number of carbonyl (C=O) groups is 1. The van der Waals surface area contributed by atoms with Crippen molar-refractivity contribution in [2.45, 2.75) is 39.3 Å². The Morgan fingerprint density at radius 3 is 2.22 bits per heavy atom. The maximum atomic E-state index is 12.9. The summed E-state index contributed by atoms with van der Waals surface area (Å²) in [5.74, 6) is 0.861. The normalized spacial score (nSPS) is 11.1. The second kappa shape index (κ2) is 7.32. The highest BCUT2D eigenvalue weighted by atomic mass is 16.5. The van der Waals surface area contributed by atoms with Gasteiger partial charge in [0.2, 0.25) is 5.91 Å². The molecule has 0 saturated carbocycles. The average Bonchev–Trinajstić information content (AvgIpc) is 2.53. The summed E-state index contributed by atoms with van der Waals surface area (Å²) in [6, 6.07) is 17.8. The second-order valence-corrected chi connectivity index (χ2v) is 6.62. The molecule has 0 aliphatic heterocycles. The number of para-hydroxylation sites is 1. The van der Waals surface area contributed by atoms with Crippen LogP contribution in [0.5, 0.6) is 5.75 Å². The molecule has 2 rings (SSSR count). The molecule has 0 radical (unpaired) electrons. The molecule has 23 heavy (non-hydrogen) atoms. The molecule has 3 nitrogen and oxygen atoms in total. The van der Waals surface area contributed by atoms with Crippen molar-refractivity contribution in [3.8, 4) is 5.75 Å². The van der Waals surface area contributed by atoms with Gasteiger partial charge in [-0.2, -0.15) is 0 Å². The Morgan fingerprint density at radius 1 is 1.00 bits per heavy atom. The minimum atomic E-state index is -0.241. The lowest BCUT2D eigenvalue weighted by Gasteiger charge is -2.36. The van der Waals surface area contributed by atoms with Gasteiger partial charge in [-0.1, -0.05) is 48.5 Å². The summed E-state index contributed by atoms with van der Waals surface area (Å²) >= 11 is 0. The smallest absolute Gasteiger partial charge is 0.227 e. The van der Waals surface area contributed by atoms with Gasteiger partial charge in [0, 0.05) is 17.6 Å². The maximum absolute atomic E-state index is 12.9. The van der Waals surface area contributed by atoms with Crippen LogP contribution in [0, 0.1) is 0 Å². The zero-order valence-electron chi connectivity index (χ0n) is 14.4. The lowest BCUT2D eigenvalue weighted by molar-refractivity contribution is -0.136. The zero-order chi connectivity index (χ0) is 16.9. The van der Waals surface area contributed by atoms with Gasteiger partial charge in [-0.25, -0.2) is 0 Å². The summed E-state index contributed by atoms with van der Waals surface area (Å²) in [5, 5.41) is 0. The fraction of sp³-hybridized carbons (Fsp3) is 0.350. The largest absolute Gasteiger partial charge is 0.496 e. The van der Waals surface area contributed by atoms with E-state index in [0.717, 1.165) is 16.9 Å². The number of hydrogen-bond donors (Lipinski definition) is 0. The first-order chi connectivity index (χ1) is 10.9. The number of ether oxygens (including phenoxy) is 1. The van der Waals surface area contributed by atoms with Gasteiger partial charge in [0.1, 0.15) is 5.75 Å². The monoisotopic (exact) mass is 311 g/mol. The van der Waals surface area contributed by atoms with E-state index in [1.165, 1.54) is 0 Å². The average molecular weight is 311 g/mol. The lowest BCUT2D eigenvalue weighted by Crippen LogP contribution is -2.45. The molecule has 0 N–H and O–H groups in total. The van der Waals surface area contributed by atoms with Crippen LogP contribution in [0.3, 0.4) is 0 Å². The van der Waals surface area contributed by atoms with E-state index in [1.54, 1.807) is 7.11 Å². The molecule has 0 heterocycles. The molecule has 0 aliphatic rings. The fourth-order valence-corrected chi connectivity index (χ4v) is 2.57. The number of benzene rings is 2. The molecule has 3 heteroatoms. The number of methoxy groups -OCH3 is 1. The zero-order valence-corrected chi connectivity index (χ0v) is 14.4. The molecule has 122 valence electrons. The van der Waals surface area contributed by atoms with Crippen molar-refractivity contribution >= 4 is 5.91 Å². The van der Waals surface area contributed by atoms with E-state index in [9.17, 15) is 4.79 Å². The molecule has 0 spiro atoms. The van der Waals surface area contributed by atoms with E-state index in [0.29, 0.717) is 13.0 Å². The van der Waals surface area contributed by atoms with Gasteiger partial charge >= 0.3 is 0 Å². The molecule has 2 aromatic rings. The number of carbonyl (C=O) groups excluding carboxylic acids is 1. The highest BCUT2D eigenvalue weighted by molar-refractivity contribution is 5.80. The van der Waals surface area contributed by atoms with Crippen LogP contribution in [0.15, 0.2) is 54.6 Å². The molecule has 0 aromatic heterocycles. The van der Waals surface area contributed by atoms with Crippen molar-refractivity contribution < 1.29 is 9.53 Å². The predicted molar refractivity (Wildman–Crippen MR) is 93.4 cm³/mol. The van der Waals surface area contributed by atoms with Gasteiger partial charge in [-0.15, -0.1) is 0 Å². The van der Waals surface area contributed by atoms with E-state index in [1.807, 2.05) is 47.4 Å². The third-order valence-electron chi connectivity index (χ3n) is 3.83. The first-order valence-corrected chi connectivity index (χ1v) is 7.88. The fourth-order valence-electron chi connectivity index (χ4n) is 2.57. The SMILES string of the molecule is COc1ccccc1CC(=O)N(Cc1ccccc1)C(C)(C)C. The maximum Gasteiger partial charge on any atom is 0.227 e. The second-order valence-electron chi connectivity index (χ2n) is 6.62. The first kappa shape index (κ1) is 17.1. The minimum absolute atomic E-state index is 0.103. The van der Waals surface area contributed by atoms with Crippen molar-refractivity contribution in [2.75, 3.05) is 7.11 Å². The standard InChI is InChI=1S/C20H25NO2/c1-20(2,3)21(15-16-10-6-5-7-11-16)19(22)14-17-12-8-9-13-18(17)23-4/h5-13H,14-15H2,1-4H3. The highest BCUT2D eigenvalue weighted by Crippen LogP contribution is 2.23. The Bertz CT molecular complexity index is 644. The van der Waals surface area contributed by atoms with Gasteiger partial charge in [-0.3, -0.25) is 4.79 Å². The summed E-state index contributed by atoms with van der Waals surface area (Å²) in [5.41, 5.74) is 1.81. The third kappa shape index (κ3) is 4.59. The van der Waals surface area contributed by atoms with Crippen LogP contribution < -0.4 is 4.74 Å². The number of amides is 1. The van der Waals surface area contributed by atoms with Crippen LogP contribution in [-0.2, 0) is 17.8 Å². The van der Waals surface area contributed by atoms with Crippen molar-refractivity contribution in [1.82, 2.24) is 4.90 Å². The molecule has 0 atom stereocenters. The number of hydrogen-bond acceptors (Lipinski definition) is 2. The van der Waals surface area contributed by atoms with Crippen LogP contribution in [-0.4, -0.2) is 23.5 Å². The quantitative estimate of drug-likeness (QED) is 0.833. The van der Waals surface area contributed by atoms with E-state index in [4.69, 9.17) is 4.74 Å². The lowest BCUT2D eigenvalue weighted by atomic mass is 10.0. The first-order valence-electron chi connectivity index (χ1n) is 7.88. The molecule has 0 unspecified atom stereocenters. The molecular formula is C20H25NO2. The van der Waals surface area contributed by atoms with Crippen LogP contribution in [0.25, 0.3) is 0 Å². The van der Waals surface area contributed by atoms with Crippen LogP contribution >= 0.6 is 0 Å². The molecule has 0 fully saturated rings. The van der Waals surface area contributed by atoms with Gasteiger partial charge in [0.25, 0.3) is 0 Å². The Kier molecular flexibility index (Phi) is 5.43. The summed E-state index contributed by atoms with van der Waals surface area (Å²) in [7, 11) is 1.63. The minimum Gasteiger partial charge on any atom is -0.496 e. The molecular weight excluding hydrogens is 286 g/mol. The Hall–Kier alpha value is -2.29. The Morgan fingerprint density at radius 2 is 1.61 bits per heavy atom. The van der Waals surface area contributed by atoms with E-state index in [-0.39, 0.29) is 11.4 Å². The summed E-state index contributed by atoms with van der Waals surface area (Å²) < 4.78 is 5.36. The third-order valence-corrected chi connectivity index (χ3v) is 3.83. The van der Waals surface area contributed by atoms with Gasteiger partial charge in [0.15, 0.2) is 0 Å². The van der Waals surface area contributed by atoms with Gasteiger partial charge in [-0.05, 0) is 32.4 Å². The topological polar surface area (TPSA) is 29.5 Å². The number of nitrogens with zero attached hydrogens (tertiary/aromatic N) is 1. The predicted octanol–water partition coefficient (Wildman–Crippen LogP) is 4.07. The molecule has 0 saturated heterocycles. The van der Waals surface area contributed by atoms with Crippen molar-refractivity contribution in [3.63, 3.8) is 0 Å². The molecule has 0 bridgehead atoms. The van der Waals surface area contributed by atoms with Gasteiger partial charge < -0.3 is 9.64 Å². The number of rotatable bonds is 5. The van der Waals surface area contributed by atoms with Crippen LogP contribution in [0.1, 0.15) is 31.9 Å². The molecule has 1 amide bonds. The van der Waals surface area contributed by atoms with Crippen molar-refractivity contribution in [3.05, 3.63) is 65.7 Å². The van der Waals surface area contributed by atoms with E-state index >= 15 is 0 Å². The Balaban J connectivity index is 2.20. The van der Waals surface area contributed by atoms with E-state index < -0.39 is 0 Å². The van der Waals surface area contributed by atoms with Crippen LogP contribution in [0.4, 0.5) is 0 Å². The van der Waals surface area contributed by atoms with E-state index in [2.05, 4.69) is 32.9 Å². The van der Waals surface area contributed by atoms with Gasteiger partial charge in [0.05, 0.1) is 13.5 Å². The molecule has 2 aromatic carbocycles. The summed E-state index contributed by atoms with van der Waals surface area (Å²) in [6.45, 7) is 6.81.